The van der Waals surface area contributed by atoms with Crippen molar-refractivity contribution in [2.24, 2.45) is 5.92 Å². The van der Waals surface area contributed by atoms with Crippen molar-refractivity contribution >= 4 is 23.2 Å². The number of aryl methyl sites for hydroxylation is 1. The van der Waals surface area contributed by atoms with E-state index in [1.165, 1.54) is 16.9 Å². The van der Waals surface area contributed by atoms with Crippen molar-refractivity contribution < 1.29 is 9.59 Å². The highest BCUT2D eigenvalue weighted by Crippen LogP contribution is 2.32. The Morgan fingerprint density at radius 1 is 1.28 bits per heavy atom. The molecule has 4 nitrogen and oxygen atoms in total. The molecule has 0 radical (unpaired) electrons. The largest absolute Gasteiger partial charge is 0.355 e. The molecular formula is C20H24N2O2S. The summed E-state index contributed by atoms with van der Waals surface area (Å²) >= 11 is 1.65. The van der Waals surface area contributed by atoms with E-state index in [0.717, 1.165) is 23.3 Å². The van der Waals surface area contributed by atoms with E-state index in [4.69, 9.17) is 0 Å². The zero-order valence-corrected chi connectivity index (χ0v) is 15.8. The molecule has 0 aliphatic heterocycles. The number of amides is 2. The first-order chi connectivity index (χ1) is 12.0. The summed E-state index contributed by atoms with van der Waals surface area (Å²) in [6, 6.07) is 9.46. The fourth-order valence-electron chi connectivity index (χ4n) is 3.25. The third kappa shape index (κ3) is 3.93. The molecule has 0 fully saturated rings. The SMILES string of the molecule is CNC(=O)c1ccc(CN(C)C(=O)c2cc3c(s2)CC[C@H](C)C3)cc1. The maximum absolute atomic E-state index is 12.7. The monoisotopic (exact) mass is 356 g/mol. The molecule has 1 aromatic heterocycles. The molecule has 1 heterocycles. The van der Waals surface area contributed by atoms with Crippen molar-refractivity contribution in [1.82, 2.24) is 10.2 Å². The van der Waals surface area contributed by atoms with Gasteiger partial charge in [0, 0.05) is 31.1 Å². The normalized spacial score (nSPS) is 16.2. The van der Waals surface area contributed by atoms with E-state index in [9.17, 15) is 9.59 Å². The number of carbonyl (C=O) groups is 2. The molecule has 1 N–H and O–H groups in total. The van der Waals surface area contributed by atoms with Crippen molar-refractivity contribution in [3.8, 4) is 0 Å². The second kappa shape index (κ2) is 7.40. The van der Waals surface area contributed by atoms with Gasteiger partial charge < -0.3 is 10.2 Å². The summed E-state index contributed by atoms with van der Waals surface area (Å²) in [7, 11) is 3.44. The minimum Gasteiger partial charge on any atom is -0.355 e. The summed E-state index contributed by atoms with van der Waals surface area (Å²) in [6.07, 6.45) is 3.40. The number of rotatable bonds is 4. The van der Waals surface area contributed by atoms with Crippen LogP contribution in [0.25, 0.3) is 0 Å². The summed E-state index contributed by atoms with van der Waals surface area (Å²) in [4.78, 5) is 28.3. The van der Waals surface area contributed by atoms with Gasteiger partial charge in [0.1, 0.15) is 0 Å². The van der Waals surface area contributed by atoms with E-state index >= 15 is 0 Å². The number of thiophene rings is 1. The lowest BCUT2D eigenvalue weighted by atomic mass is 9.90. The molecular weight excluding hydrogens is 332 g/mol. The number of fused-ring (bicyclic) bond motifs is 1. The molecule has 2 amide bonds. The Hall–Kier alpha value is -2.14. The molecule has 1 aliphatic rings. The van der Waals surface area contributed by atoms with Gasteiger partial charge in [0.2, 0.25) is 0 Å². The van der Waals surface area contributed by atoms with Gasteiger partial charge in [-0.25, -0.2) is 0 Å². The highest BCUT2D eigenvalue weighted by Gasteiger charge is 2.22. The molecule has 1 atom stereocenters. The lowest BCUT2D eigenvalue weighted by molar-refractivity contribution is 0.0789. The molecule has 1 aromatic carbocycles. The number of hydrogen-bond donors (Lipinski definition) is 1. The molecule has 0 unspecified atom stereocenters. The van der Waals surface area contributed by atoms with Gasteiger partial charge >= 0.3 is 0 Å². The summed E-state index contributed by atoms with van der Waals surface area (Å²) in [5.74, 6) is 0.679. The Morgan fingerprint density at radius 2 is 2.00 bits per heavy atom. The van der Waals surface area contributed by atoms with E-state index < -0.39 is 0 Å². The lowest BCUT2D eigenvalue weighted by Gasteiger charge is -2.16. The van der Waals surface area contributed by atoms with Crippen LogP contribution in [0.15, 0.2) is 30.3 Å². The van der Waals surface area contributed by atoms with E-state index in [2.05, 4.69) is 18.3 Å². The zero-order valence-electron chi connectivity index (χ0n) is 15.0. The Morgan fingerprint density at radius 3 is 2.68 bits per heavy atom. The van der Waals surface area contributed by atoms with E-state index in [-0.39, 0.29) is 11.8 Å². The number of hydrogen-bond acceptors (Lipinski definition) is 3. The Bertz CT molecular complexity index is 779. The van der Waals surface area contributed by atoms with Crippen molar-refractivity contribution in [1.29, 1.82) is 0 Å². The van der Waals surface area contributed by atoms with Gasteiger partial charge in [-0.2, -0.15) is 0 Å². The summed E-state index contributed by atoms with van der Waals surface area (Å²) in [6.45, 7) is 2.81. The van der Waals surface area contributed by atoms with Crippen LogP contribution in [-0.2, 0) is 19.4 Å². The highest BCUT2D eigenvalue weighted by molar-refractivity contribution is 7.14. The fraction of sp³-hybridized carbons (Fsp3) is 0.400. The first-order valence-corrected chi connectivity index (χ1v) is 9.47. The molecule has 0 bridgehead atoms. The molecule has 132 valence electrons. The predicted molar refractivity (Wildman–Crippen MR) is 101 cm³/mol. The molecule has 2 aromatic rings. The van der Waals surface area contributed by atoms with Crippen LogP contribution in [0.1, 0.15) is 49.4 Å². The van der Waals surface area contributed by atoms with Gasteiger partial charge in [-0.05, 0) is 54.5 Å². The van der Waals surface area contributed by atoms with Gasteiger partial charge in [-0.1, -0.05) is 19.1 Å². The number of benzene rings is 1. The average Bonchev–Trinajstić information content (AvgIpc) is 3.04. The molecule has 0 saturated carbocycles. The molecule has 0 spiro atoms. The standard InChI is InChI=1S/C20H24N2O2S/c1-13-4-9-17-16(10-13)11-18(25-17)20(24)22(3)12-14-5-7-15(8-6-14)19(23)21-2/h5-8,11,13H,4,9-10,12H2,1-3H3,(H,21,23)/t13-/m0/s1. The van der Waals surface area contributed by atoms with Gasteiger partial charge in [-0.15, -0.1) is 11.3 Å². The van der Waals surface area contributed by atoms with Gasteiger partial charge in [-0.3, -0.25) is 9.59 Å². The molecule has 3 rings (SSSR count). The van der Waals surface area contributed by atoms with Crippen LogP contribution < -0.4 is 5.32 Å². The number of nitrogens with one attached hydrogen (secondary N) is 1. The van der Waals surface area contributed by atoms with E-state index in [0.29, 0.717) is 18.0 Å². The first-order valence-electron chi connectivity index (χ1n) is 8.66. The van der Waals surface area contributed by atoms with Gasteiger partial charge in [0.05, 0.1) is 4.88 Å². The predicted octanol–water partition coefficient (Wildman–Crippen LogP) is 3.50. The lowest BCUT2D eigenvalue weighted by Crippen LogP contribution is -2.25. The minimum atomic E-state index is -0.102. The number of carbonyl (C=O) groups excluding carboxylic acids is 2. The van der Waals surface area contributed by atoms with Crippen LogP contribution >= 0.6 is 11.3 Å². The molecule has 25 heavy (non-hydrogen) atoms. The quantitative estimate of drug-likeness (QED) is 0.911. The van der Waals surface area contributed by atoms with Crippen LogP contribution in [0.3, 0.4) is 0 Å². The van der Waals surface area contributed by atoms with Gasteiger partial charge in [0.15, 0.2) is 0 Å². The summed E-state index contributed by atoms with van der Waals surface area (Å²) in [5, 5.41) is 2.61. The van der Waals surface area contributed by atoms with Crippen LogP contribution in [0.4, 0.5) is 0 Å². The molecule has 5 heteroatoms. The van der Waals surface area contributed by atoms with Crippen LogP contribution in [0.2, 0.25) is 0 Å². The smallest absolute Gasteiger partial charge is 0.263 e. The number of nitrogens with zero attached hydrogens (tertiary/aromatic N) is 1. The highest BCUT2D eigenvalue weighted by atomic mass is 32.1. The maximum atomic E-state index is 12.7. The van der Waals surface area contributed by atoms with Crippen molar-refractivity contribution in [3.05, 3.63) is 56.8 Å². The van der Waals surface area contributed by atoms with Crippen LogP contribution in [0, 0.1) is 5.92 Å². The third-order valence-electron chi connectivity index (χ3n) is 4.75. The fourth-order valence-corrected chi connectivity index (χ4v) is 4.45. The minimum absolute atomic E-state index is 0.0717. The summed E-state index contributed by atoms with van der Waals surface area (Å²) in [5.41, 5.74) is 2.99. The van der Waals surface area contributed by atoms with E-state index in [1.54, 1.807) is 35.4 Å². The van der Waals surface area contributed by atoms with E-state index in [1.807, 2.05) is 19.2 Å². The second-order valence-corrected chi connectivity index (χ2v) is 7.98. The van der Waals surface area contributed by atoms with Crippen LogP contribution in [0.5, 0.6) is 0 Å². The van der Waals surface area contributed by atoms with Gasteiger partial charge in [0.25, 0.3) is 11.8 Å². The van der Waals surface area contributed by atoms with Crippen LogP contribution in [-0.4, -0.2) is 30.8 Å². The Kier molecular flexibility index (Phi) is 5.23. The van der Waals surface area contributed by atoms with Crippen molar-refractivity contribution in [2.45, 2.75) is 32.7 Å². The molecule has 1 aliphatic carbocycles. The maximum Gasteiger partial charge on any atom is 0.263 e. The zero-order chi connectivity index (χ0) is 18.0. The Labute approximate surface area is 152 Å². The Balaban J connectivity index is 1.67. The first kappa shape index (κ1) is 17.7. The second-order valence-electron chi connectivity index (χ2n) is 6.84. The molecule has 0 saturated heterocycles. The third-order valence-corrected chi connectivity index (χ3v) is 5.97. The van der Waals surface area contributed by atoms with Crippen molar-refractivity contribution in [3.63, 3.8) is 0 Å². The van der Waals surface area contributed by atoms with Crippen molar-refractivity contribution in [2.75, 3.05) is 14.1 Å². The average molecular weight is 356 g/mol. The topological polar surface area (TPSA) is 49.4 Å². The summed E-state index contributed by atoms with van der Waals surface area (Å²) < 4.78 is 0.